The molecule has 5 rings (SSSR count). The zero-order valence-corrected chi connectivity index (χ0v) is 16.2. The van der Waals surface area contributed by atoms with E-state index >= 15 is 4.39 Å². The van der Waals surface area contributed by atoms with E-state index in [0.717, 1.165) is 18.5 Å². The van der Waals surface area contributed by atoms with Crippen LogP contribution in [0.2, 0.25) is 0 Å². The molecule has 0 fully saturated rings. The lowest BCUT2D eigenvalue weighted by Crippen LogP contribution is -2.13. The second-order valence-corrected chi connectivity index (χ2v) is 7.83. The molecule has 5 aromatic rings. The molecule has 0 bridgehead atoms. The quantitative estimate of drug-likeness (QED) is 0.392. The fourth-order valence-corrected chi connectivity index (χ4v) is 4.33. The molecule has 0 saturated carbocycles. The van der Waals surface area contributed by atoms with Gasteiger partial charge in [0, 0.05) is 32.6 Å². The smallest absolute Gasteiger partial charge is 0.157 e. The van der Waals surface area contributed by atoms with Crippen LogP contribution in [0.15, 0.2) is 36.4 Å². The van der Waals surface area contributed by atoms with Crippen LogP contribution in [0.4, 0.5) is 13.2 Å². The van der Waals surface area contributed by atoms with Crippen LogP contribution in [0.5, 0.6) is 0 Å². The Morgan fingerprint density at radius 2 is 1.38 bits per heavy atom. The Kier molecular flexibility index (Phi) is 4.06. The van der Waals surface area contributed by atoms with Crippen LogP contribution in [0, 0.1) is 17.5 Å². The van der Waals surface area contributed by atoms with Gasteiger partial charge in [-0.2, -0.15) is 0 Å². The standard InChI is InChI=1S/C23H20F3N3/c1-29(2)9-3-4-14-19-15-10-12(24)5-7-17(15)28-23(19)21(26)20-16-11-13(25)6-8-18(16)27-22(14)20/h5-8,10-11,27-28H,3-4,9H2,1-2H3. The van der Waals surface area contributed by atoms with Gasteiger partial charge in [0.15, 0.2) is 5.82 Å². The second kappa shape index (κ2) is 6.52. The van der Waals surface area contributed by atoms with Gasteiger partial charge in [0.2, 0.25) is 0 Å². The number of aromatic nitrogens is 2. The normalized spacial score (nSPS) is 12.3. The van der Waals surface area contributed by atoms with Crippen LogP contribution in [-0.4, -0.2) is 35.5 Å². The third-order valence-electron chi connectivity index (χ3n) is 5.60. The maximum atomic E-state index is 15.7. The number of nitrogens with zero attached hydrogens (tertiary/aromatic N) is 1. The molecular formula is C23H20F3N3. The topological polar surface area (TPSA) is 34.8 Å². The number of halogens is 3. The molecule has 148 valence electrons. The summed E-state index contributed by atoms with van der Waals surface area (Å²) in [4.78, 5) is 8.49. The first-order valence-corrected chi connectivity index (χ1v) is 9.61. The number of aryl methyl sites for hydroxylation is 1. The van der Waals surface area contributed by atoms with Crippen molar-refractivity contribution in [2.24, 2.45) is 0 Å². The molecule has 3 nitrogen and oxygen atoms in total. The van der Waals surface area contributed by atoms with Crippen molar-refractivity contribution >= 4 is 43.6 Å². The highest BCUT2D eigenvalue weighted by atomic mass is 19.1. The van der Waals surface area contributed by atoms with Crippen molar-refractivity contribution in [1.29, 1.82) is 0 Å². The Morgan fingerprint density at radius 1 is 0.793 bits per heavy atom. The number of hydrogen-bond donors (Lipinski definition) is 2. The van der Waals surface area contributed by atoms with Crippen molar-refractivity contribution < 1.29 is 13.2 Å². The number of hydrogen-bond acceptors (Lipinski definition) is 1. The molecule has 0 radical (unpaired) electrons. The molecule has 0 unspecified atom stereocenters. The molecule has 0 aliphatic carbocycles. The monoisotopic (exact) mass is 395 g/mol. The predicted molar refractivity (Wildman–Crippen MR) is 112 cm³/mol. The van der Waals surface area contributed by atoms with E-state index in [0.29, 0.717) is 50.0 Å². The van der Waals surface area contributed by atoms with E-state index in [-0.39, 0.29) is 5.82 Å². The van der Waals surface area contributed by atoms with E-state index in [4.69, 9.17) is 0 Å². The largest absolute Gasteiger partial charge is 0.354 e. The molecule has 29 heavy (non-hydrogen) atoms. The Morgan fingerprint density at radius 3 is 2.00 bits per heavy atom. The SMILES string of the molecule is CN(C)CCCc1c2[nH]c3ccc(F)cc3c2c(F)c2[nH]c3ccc(F)cc3c12. The molecule has 2 heterocycles. The number of fused-ring (bicyclic) bond motifs is 6. The number of rotatable bonds is 4. The van der Waals surface area contributed by atoms with Gasteiger partial charge in [-0.1, -0.05) is 0 Å². The molecule has 0 saturated heterocycles. The van der Waals surface area contributed by atoms with Gasteiger partial charge in [-0.25, -0.2) is 13.2 Å². The summed E-state index contributed by atoms with van der Waals surface area (Å²) in [5.74, 6) is -1.22. The summed E-state index contributed by atoms with van der Waals surface area (Å²) in [7, 11) is 4.01. The van der Waals surface area contributed by atoms with Crippen molar-refractivity contribution in [2.75, 3.05) is 20.6 Å². The maximum absolute atomic E-state index is 15.7. The molecule has 3 aromatic carbocycles. The molecule has 0 aliphatic heterocycles. The van der Waals surface area contributed by atoms with Gasteiger partial charge in [0.1, 0.15) is 11.6 Å². The highest BCUT2D eigenvalue weighted by Gasteiger charge is 2.22. The number of H-pyrrole nitrogens is 2. The molecular weight excluding hydrogens is 375 g/mol. The van der Waals surface area contributed by atoms with Crippen LogP contribution < -0.4 is 0 Å². The van der Waals surface area contributed by atoms with Crippen LogP contribution >= 0.6 is 0 Å². The summed E-state index contributed by atoms with van der Waals surface area (Å²) in [5, 5.41) is 2.23. The summed E-state index contributed by atoms with van der Waals surface area (Å²) < 4.78 is 43.5. The van der Waals surface area contributed by atoms with Crippen molar-refractivity contribution in [1.82, 2.24) is 14.9 Å². The van der Waals surface area contributed by atoms with Gasteiger partial charge in [-0.3, -0.25) is 0 Å². The average molecular weight is 395 g/mol. The highest BCUT2D eigenvalue weighted by Crippen LogP contribution is 2.40. The van der Waals surface area contributed by atoms with Crippen LogP contribution in [0.1, 0.15) is 12.0 Å². The second-order valence-electron chi connectivity index (χ2n) is 7.83. The zero-order valence-electron chi connectivity index (χ0n) is 16.2. The minimum Gasteiger partial charge on any atom is -0.354 e. The summed E-state index contributed by atoms with van der Waals surface area (Å²) in [6, 6.07) is 8.77. The van der Waals surface area contributed by atoms with Crippen molar-refractivity contribution in [3.63, 3.8) is 0 Å². The van der Waals surface area contributed by atoms with E-state index in [1.807, 2.05) is 14.1 Å². The first kappa shape index (κ1) is 18.1. The van der Waals surface area contributed by atoms with Crippen LogP contribution in [0.25, 0.3) is 43.6 Å². The van der Waals surface area contributed by atoms with E-state index in [1.54, 1.807) is 12.1 Å². The highest BCUT2D eigenvalue weighted by molar-refractivity contribution is 6.19. The summed E-state index contributed by atoms with van der Waals surface area (Å²) >= 11 is 0. The molecule has 0 spiro atoms. The summed E-state index contributed by atoms with van der Waals surface area (Å²) in [6.45, 7) is 0.867. The van der Waals surface area contributed by atoms with Gasteiger partial charge in [-0.05, 0) is 75.4 Å². The summed E-state index contributed by atoms with van der Waals surface area (Å²) in [6.07, 6.45) is 1.54. The maximum Gasteiger partial charge on any atom is 0.157 e. The first-order valence-electron chi connectivity index (χ1n) is 9.61. The van der Waals surface area contributed by atoms with Gasteiger partial charge in [-0.15, -0.1) is 0 Å². The molecule has 6 heteroatoms. The Bertz CT molecular complexity index is 1390. The lowest BCUT2D eigenvalue weighted by atomic mass is 9.98. The van der Waals surface area contributed by atoms with Gasteiger partial charge < -0.3 is 14.9 Å². The number of nitrogens with one attached hydrogen (secondary N) is 2. The third kappa shape index (κ3) is 2.78. The van der Waals surface area contributed by atoms with Gasteiger partial charge in [0.25, 0.3) is 0 Å². The number of aromatic amines is 2. The molecule has 0 aliphatic rings. The number of benzene rings is 3. The molecule has 2 aromatic heterocycles. The van der Waals surface area contributed by atoms with Gasteiger partial charge in [0.05, 0.1) is 11.0 Å². The van der Waals surface area contributed by atoms with E-state index in [9.17, 15) is 8.78 Å². The third-order valence-corrected chi connectivity index (χ3v) is 5.60. The van der Waals surface area contributed by atoms with Gasteiger partial charge >= 0.3 is 0 Å². The van der Waals surface area contributed by atoms with Crippen molar-refractivity contribution in [2.45, 2.75) is 12.8 Å². The minimum absolute atomic E-state index is 0.336. The lowest BCUT2D eigenvalue weighted by molar-refractivity contribution is 0.401. The Hall–Kier alpha value is -2.99. The van der Waals surface area contributed by atoms with Crippen LogP contribution in [-0.2, 0) is 6.42 Å². The fourth-order valence-electron chi connectivity index (χ4n) is 4.33. The zero-order chi connectivity index (χ0) is 20.3. The summed E-state index contributed by atoms with van der Waals surface area (Å²) in [5.41, 5.74) is 3.27. The first-order chi connectivity index (χ1) is 13.9. The predicted octanol–water partition coefficient (Wildman–Crippen LogP) is 5.87. The average Bonchev–Trinajstić information content (AvgIpc) is 3.23. The lowest BCUT2D eigenvalue weighted by Gasteiger charge is -2.11. The Labute approximate surface area is 165 Å². The Balaban J connectivity index is 1.92. The molecule has 0 atom stereocenters. The van der Waals surface area contributed by atoms with Crippen molar-refractivity contribution in [3.8, 4) is 0 Å². The molecule has 2 N–H and O–H groups in total. The van der Waals surface area contributed by atoms with E-state index in [1.165, 1.54) is 24.3 Å². The van der Waals surface area contributed by atoms with E-state index < -0.39 is 11.6 Å². The van der Waals surface area contributed by atoms with Crippen LogP contribution in [0.3, 0.4) is 0 Å². The van der Waals surface area contributed by atoms with E-state index in [2.05, 4.69) is 14.9 Å². The van der Waals surface area contributed by atoms with Crippen molar-refractivity contribution in [3.05, 3.63) is 59.4 Å². The molecule has 0 amide bonds. The fraction of sp³-hybridized carbons (Fsp3) is 0.217. The minimum atomic E-state index is -0.445.